The number of aryl methyl sites for hydroxylation is 2. The van der Waals surface area contributed by atoms with Gasteiger partial charge in [-0.05, 0) is 36.2 Å². The van der Waals surface area contributed by atoms with Crippen LogP contribution in [0.2, 0.25) is 0 Å². The zero-order valence-corrected chi connectivity index (χ0v) is 8.33. The molecular weight excluding hydrogens is 170 g/mol. The van der Waals surface area contributed by atoms with Crippen LogP contribution in [0.1, 0.15) is 16.7 Å². The molecule has 2 aromatic carbocycles. The molecule has 0 amide bonds. The Balaban J connectivity index is 2.85. The molecular formula is C13H11N. The van der Waals surface area contributed by atoms with Gasteiger partial charge in [0.15, 0.2) is 0 Å². The molecule has 0 aliphatic rings. The number of hydrogen-bond donors (Lipinski definition) is 0. The summed E-state index contributed by atoms with van der Waals surface area (Å²) in [5.74, 6) is 0. The lowest BCUT2D eigenvalue weighted by atomic mass is 9.99. The summed E-state index contributed by atoms with van der Waals surface area (Å²) in [6, 6.07) is 12.4. The molecule has 14 heavy (non-hydrogen) atoms. The first-order chi connectivity index (χ1) is 6.72. The lowest BCUT2D eigenvalue weighted by Gasteiger charge is -2.04. The quantitative estimate of drug-likeness (QED) is 0.611. The van der Waals surface area contributed by atoms with Crippen LogP contribution in [0.25, 0.3) is 10.8 Å². The highest BCUT2D eigenvalue weighted by Crippen LogP contribution is 2.22. The minimum atomic E-state index is 0.765. The third-order valence-electron chi connectivity index (χ3n) is 2.57. The monoisotopic (exact) mass is 181 g/mol. The van der Waals surface area contributed by atoms with E-state index in [0.29, 0.717) is 0 Å². The van der Waals surface area contributed by atoms with E-state index >= 15 is 0 Å². The Morgan fingerprint density at radius 2 is 1.86 bits per heavy atom. The van der Waals surface area contributed by atoms with E-state index in [1.54, 1.807) is 0 Å². The third kappa shape index (κ3) is 1.25. The van der Waals surface area contributed by atoms with Crippen LogP contribution < -0.4 is 0 Å². The molecule has 0 radical (unpaired) electrons. The average molecular weight is 181 g/mol. The van der Waals surface area contributed by atoms with E-state index in [1.165, 1.54) is 16.3 Å². The summed E-state index contributed by atoms with van der Waals surface area (Å²) in [7, 11) is 0. The molecule has 0 aliphatic carbocycles. The first kappa shape index (κ1) is 8.77. The van der Waals surface area contributed by atoms with E-state index in [9.17, 15) is 0 Å². The Morgan fingerprint density at radius 3 is 2.57 bits per heavy atom. The normalized spacial score (nSPS) is 10.1. The Labute approximate surface area is 83.6 Å². The molecule has 0 spiro atoms. The molecule has 0 unspecified atom stereocenters. The number of fused-ring (bicyclic) bond motifs is 1. The van der Waals surface area contributed by atoms with Crippen molar-refractivity contribution in [2.45, 2.75) is 13.8 Å². The number of hydrogen-bond acceptors (Lipinski definition) is 1. The van der Waals surface area contributed by atoms with E-state index in [-0.39, 0.29) is 0 Å². The average Bonchev–Trinajstić information content (AvgIpc) is 2.18. The molecule has 1 heteroatoms. The maximum atomic E-state index is 8.88. The first-order valence-corrected chi connectivity index (χ1v) is 4.62. The van der Waals surface area contributed by atoms with Crippen LogP contribution >= 0.6 is 0 Å². The smallest absolute Gasteiger partial charge is 0.0994 e. The zero-order chi connectivity index (χ0) is 10.1. The number of benzene rings is 2. The first-order valence-electron chi connectivity index (χ1n) is 4.62. The fourth-order valence-electron chi connectivity index (χ4n) is 1.73. The molecule has 0 aromatic heterocycles. The molecule has 0 bridgehead atoms. The van der Waals surface area contributed by atoms with Gasteiger partial charge in [0.25, 0.3) is 0 Å². The maximum absolute atomic E-state index is 8.88. The highest BCUT2D eigenvalue weighted by molar-refractivity contribution is 5.87. The summed E-state index contributed by atoms with van der Waals surface area (Å²) in [5, 5.41) is 11.3. The van der Waals surface area contributed by atoms with E-state index in [4.69, 9.17) is 5.26 Å². The Kier molecular flexibility index (Phi) is 1.98. The van der Waals surface area contributed by atoms with Gasteiger partial charge >= 0.3 is 0 Å². The molecule has 2 rings (SSSR count). The van der Waals surface area contributed by atoms with Crippen LogP contribution in [0, 0.1) is 25.2 Å². The summed E-state index contributed by atoms with van der Waals surface area (Å²) in [5.41, 5.74) is 3.09. The summed E-state index contributed by atoms with van der Waals surface area (Å²) in [6.07, 6.45) is 0. The van der Waals surface area contributed by atoms with Crippen molar-refractivity contribution in [2.75, 3.05) is 0 Å². The summed E-state index contributed by atoms with van der Waals surface area (Å²) >= 11 is 0. The van der Waals surface area contributed by atoms with Crippen molar-refractivity contribution in [1.82, 2.24) is 0 Å². The fraction of sp³-hybridized carbons (Fsp3) is 0.154. The van der Waals surface area contributed by atoms with Crippen molar-refractivity contribution in [3.8, 4) is 6.07 Å². The highest BCUT2D eigenvalue weighted by atomic mass is 14.2. The van der Waals surface area contributed by atoms with Gasteiger partial charge in [0, 0.05) is 0 Å². The van der Waals surface area contributed by atoms with Gasteiger partial charge < -0.3 is 0 Å². The van der Waals surface area contributed by atoms with Crippen LogP contribution in [-0.4, -0.2) is 0 Å². The molecule has 0 atom stereocenters. The van der Waals surface area contributed by atoms with Crippen LogP contribution in [-0.2, 0) is 0 Å². The molecule has 0 saturated carbocycles. The second kappa shape index (κ2) is 3.16. The molecule has 1 nitrogen and oxygen atoms in total. The van der Waals surface area contributed by atoms with Crippen molar-refractivity contribution < 1.29 is 0 Å². The number of nitrogens with zero attached hydrogens (tertiary/aromatic N) is 1. The van der Waals surface area contributed by atoms with E-state index in [2.05, 4.69) is 31.2 Å². The van der Waals surface area contributed by atoms with Gasteiger partial charge in [0.1, 0.15) is 0 Å². The highest BCUT2D eigenvalue weighted by Gasteiger charge is 2.02. The standard InChI is InChI=1S/C13H11N/c1-9-3-6-13-10(2)12(8-14)5-4-11(13)7-9/h3-7H,1-2H3. The Bertz CT molecular complexity index is 533. The lowest BCUT2D eigenvalue weighted by molar-refractivity contribution is 1.42. The largest absolute Gasteiger partial charge is 0.192 e. The maximum Gasteiger partial charge on any atom is 0.0994 e. The van der Waals surface area contributed by atoms with Gasteiger partial charge in [-0.25, -0.2) is 0 Å². The summed E-state index contributed by atoms with van der Waals surface area (Å²) in [4.78, 5) is 0. The van der Waals surface area contributed by atoms with Crippen molar-refractivity contribution in [2.24, 2.45) is 0 Å². The molecule has 0 heterocycles. The minimum absolute atomic E-state index is 0.765. The van der Waals surface area contributed by atoms with Crippen molar-refractivity contribution >= 4 is 10.8 Å². The van der Waals surface area contributed by atoms with Gasteiger partial charge in [0.05, 0.1) is 11.6 Å². The topological polar surface area (TPSA) is 23.8 Å². The van der Waals surface area contributed by atoms with Crippen molar-refractivity contribution in [1.29, 1.82) is 5.26 Å². The molecule has 68 valence electrons. The van der Waals surface area contributed by atoms with Crippen molar-refractivity contribution in [3.63, 3.8) is 0 Å². The van der Waals surface area contributed by atoms with Gasteiger partial charge in [-0.1, -0.05) is 29.8 Å². The van der Waals surface area contributed by atoms with Crippen LogP contribution in [0.15, 0.2) is 30.3 Å². The summed E-state index contributed by atoms with van der Waals surface area (Å²) < 4.78 is 0. The molecule has 0 saturated heterocycles. The predicted octanol–water partition coefficient (Wildman–Crippen LogP) is 3.33. The molecule has 0 aliphatic heterocycles. The van der Waals surface area contributed by atoms with Crippen LogP contribution in [0.4, 0.5) is 0 Å². The van der Waals surface area contributed by atoms with Crippen LogP contribution in [0.5, 0.6) is 0 Å². The SMILES string of the molecule is Cc1ccc2c(C)c(C#N)ccc2c1. The Hall–Kier alpha value is -1.81. The zero-order valence-electron chi connectivity index (χ0n) is 8.33. The number of rotatable bonds is 0. The minimum Gasteiger partial charge on any atom is -0.192 e. The van der Waals surface area contributed by atoms with E-state index < -0.39 is 0 Å². The Morgan fingerprint density at radius 1 is 1.07 bits per heavy atom. The lowest BCUT2D eigenvalue weighted by Crippen LogP contribution is -1.85. The molecule has 0 fully saturated rings. The molecule has 2 aromatic rings. The summed E-state index contributed by atoms with van der Waals surface area (Å²) in [6.45, 7) is 4.07. The second-order valence-electron chi connectivity index (χ2n) is 3.57. The van der Waals surface area contributed by atoms with E-state index in [0.717, 1.165) is 11.1 Å². The van der Waals surface area contributed by atoms with E-state index in [1.807, 2.05) is 19.1 Å². The number of nitriles is 1. The third-order valence-corrected chi connectivity index (χ3v) is 2.57. The molecule has 0 N–H and O–H groups in total. The van der Waals surface area contributed by atoms with Crippen molar-refractivity contribution in [3.05, 3.63) is 47.0 Å². The van der Waals surface area contributed by atoms with Gasteiger partial charge in [-0.2, -0.15) is 5.26 Å². The second-order valence-corrected chi connectivity index (χ2v) is 3.57. The van der Waals surface area contributed by atoms with Gasteiger partial charge in [-0.3, -0.25) is 0 Å². The fourth-order valence-corrected chi connectivity index (χ4v) is 1.73. The van der Waals surface area contributed by atoms with Gasteiger partial charge in [-0.15, -0.1) is 0 Å². The van der Waals surface area contributed by atoms with Gasteiger partial charge in [0.2, 0.25) is 0 Å². The predicted molar refractivity (Wildman–Crippen MR) is 58.1 cm³/mol. The van der Waals surface area contributed by atoms with Crippen LogP contribution in [0.3, 0.4) is 0 Å².